The molecule has 3 saturated heterocycles. The van der Waals surface area contributed by atoms with Gasteiger partial charge in [0.2, 0.25) is 5.91 Å². The van der Waals surface area contributed by atoms with Gasteiger partial charge in [0, 0.05) is 6.42 Å². The molecule has 19 nitrogen and oxygen atoms in total. The zero-order valence-corrected chi connectivity index (χ0v) is 56.8. The summed E-state index contributed by atoms with van der Waals surface area (Å²) in [6, 6.07) is -0.888. The Balaban J connectivity index is 1.41. The Morgan fingerprint density at radius 3 is 1.12 bits per heavy atom. The highest BCUT2D eigenvalue weighted by atomic mass is 16.8. The first-order valence-corrected chi connectivity index (χ1v) is 37.1. The lowest BCUT2D eigenvalue weighted by Gasteiger charge is -2.48. The molecular formula is C72H135NO18. The molecule has 3 heterocycles. The maximum Gasteiger partial charge on any atom is 0.220 e. The predicted molar refractivity (Wildman–Crippen MR) is 356 cm³/mol. The number of rotatable bonds is 58. The molecule has 17 atom stereocenters. The summed E-state index contributed by atoms with van der Waals surface area (Å²) in [5, 5.41) is 121. The summed E-state index contributed by atoms with van der Waals surface area (Å²) in [6.07, 6.45) is 35.3. The van der Waals surface area contributed by atoms with Crippen molar-refractivity contribution in [2.24, 2.45) is 0 Å². The van der Waals surface area contributed by atoms with Gasteiger partial charge in [0.25, 0.3) is 0 Å². The summed E-state index contributed by atoms with van der Waals surface area (Å²) >= 11 is 0. The Morgan fingerprint density at radius 2 is 0.725 bits per heavy atom. The maximum absolute atomic E-state index is 13.5. The van der Waals surface area contributed by atoms with Crippen LogP contribution in [0.1, 0.15) is 296 Å². The molecule has 536 valence electrons. The van der Waals surface area contributed by atoms with Crippen LogP contribution in [0.5, 0.6) is 0 Å². The number of carbonyl (C=O) groups is 1. The average molecular weight is 1300 g/mol. The normalized spacial score (nSPS) is 27.9. The third-order valence-electron chi connectivity index (χ3n) is 18.8. The number of ether oxygens (including phenoxy) is 6. The second-order valence-corrected chi connectivity index (χ2v) is 26.8. The molecule has 3 aliphatic heterocycles. The van der Waals surface area contributed by atoms with Gasteiger partial charge in [-0.15, -0.1) is 0 Å². The van der Waals surface area contributed by atoms with Crippen LogP contribution in [0.4, 0.5) is 0 Å². The molecule has 17 unspecified atom stereocenters. The number of hydrogen-bond donors (Lipinski definition) is 12. The highest BCUT2D eigenvalue weighted by Gasteiger charge is 2.53. The Morgan fingerprint density at radius 1 is 0.396 bits per heavy atom. The fourth-order valence-electron chi connectivity index (χ4n) is 12.8. The zero-order valence-electron chi connectivity index (χ0n) is 56.8. The molecule has 3 aliphatic rings. The average Bonchev–Trinajstić information content (AvgIpc) is 0.883. The van der Waals surface area contributed by atoms with E-state index in [1.165, 1.54) is 205 Å². The lowest BCUT2D eigenvalue weighted by atomic mass is 9.96. The topological polar surface area (TPSA) is 307 Å². The largest absolute Gasteiger partial charge is 0.394 e. The SMILES string of the molecule is CCCCCCC/C=C\C/C=C\CCCCCCCCCCCCCC(=O)NC(COC1OC(CO)C(OC2OC(CO)C(OC3OC(CO)C(O)C(O)C3O)C(O)C2O)C(O)C1O)C(O)CCCCCCCCCCCCCCCCCCCCCCCCC. The monoisotopic (exact) mass is 1300 g/mol. The standard InChI is InChI=1S/C72H135NO18/c1-3-5-7-9-11-13-15-17-19-21-23-25-27-29-31-33-35-37-39-41-43-45-47-49-56(77)55(73-60(78)50-48-46-44-42-40-38-36-34-32-30-28-26-24-22-20-18-16-14-12-10-8-6-4-2)54-86-70-66(84)63(81)68(58(52-75)88-70)91-72-67(85)64(82)69(59(53-76)89-72)90-71-65(83)62(80)61(79)57(51-74)87-71/h16,18,22,24,55-59,61-72,74-77,79-85H,3-15,17,19-21,23,25-54H2,1-2H3,(H,73,78)/b18-16-,24-22-. The van der Waals surface area contributed by atoms with E-state index in [2.05, 4.69) is 43.5 Å². The van der Waals surface area contributed by atoms with Crippen LogP contribution in [-0.4, -0.2) is 193 Å². The highest BCUT2D eigenvalue weighted by Crippen LogP contribution is 2.33. The third-order valence-corrected chi connectivity index (χ3v) is 18.8. The van der Waals surface area contributed by atoms with E-state index in [-0.39, 0.29) is 18.9 Å². The Bertz CT molecular complexity index is 1750. The number of carbonyl (C=O) groups excluding carboxylic acids is 1. The van der Waals surface area contributed by atoms with E-state index in [1.807, 2.05) is 0 Å². The van der Waals surface area contributed by atoms with E-state index in [0.717, 1.165) is 57.8 Å². The molecule has 0 aromatic heterocycles. The van der Waals surface area contributed by atoms with Crippen LogP contribution in [0.2, 0.25) is 0 Å². The van der Waals surface area contributed by atoms with Crippen molar-refractivity contribution in [3.63, 3.8) is 0 Å². The molecule has 1 amide bonds. The number of allylic oxidation sites excluding steroid dienone is 4. The number of aliphatic hydroxyl groups is 11. The summed E-state index contributed by atoms with van der Waals surface area (Å²) < 4.78 is 34.5. The van der Waals surface area contributed by atoms with Crippen molar-refractivity contribution in [3.8, 4) is 0 Å². The number of unbranched alkanes of at least 4 members (excludes halogenated alkanes) is 38. The molecule has 19 heteroatoms. The van der Waals surface area contributed by atoms with Crippen molar-refractivity contribution in [2.75, 3.05) is 26.4 Å². The van der Waals surface area contributed by atoms with Crippen LogP contribution >= 0.6 is 0 Å². The zero-order chi connectivity index (χ0) is 66.1. The van der Waals surface area contributed by atoms with Gasteiger partial charge in [0.05, 0.1) is 38.6 Å². The van der Waals surface area contributed by atoms with E-state index in [1.54, 1.807) is 0 Å². The molecule has 91 heavy (non-hydrogen) atoms. The fourth-order valence-corrected chi connectivity index (χ4v) is 12.8. The molecule has 12 N–H and O–H groups in total. The van der Waals surface area contributed by atoms with Gasteiger partial charge in [-0.3, -0.25) is 4.79 Å². The van der Waals surface area contributed by atoms with Crippen LogP contribution in [0, 0.1) is 0 Å². The number of nitrogens with one attached hydrogen (secondary N) is 1. The molecule has 3 rings (SSSR count). The van der Waals surface area contributed by atoms with Gasteiger partial charge in [-0.05, 0) is 44.9 Å². The molecule has 0 bridgehead atoms. The van der Waals surface area contributed by atoms with Crippen molar-refractivity contribution >= 4 is 5.91 Å². The first-order chi connectivity index (χ1) is 44.3. The molecule has 0 radical (unpaired) electrons. The lowest BCUT2D eigenvalue weighted by Crippen LogP contribution is -2.66. The summed E-state index contributed by atoms with van der Waals surface area (Å²) in [5.74, 6) is -0.241. The number of aliphatic hydroxyl groups excluding tert-OH is 11. The van der Waals surface area contributed by atoms with E-state index in [0.29, 0.717) is 12.8 Å². The molecular weight excluding hydrogens is 1170 g/mol. The van der Waals surface area contributed by atoms with Crippen molar-refractivity contribution in [1.29, 1.82) is 0 Å². The maximum atomic E-state index is 13.5. The van der Waals surface area contributed by atoms with Crippen LogP contribution in [0.3, 0.4) is 0 Å². The summed E-state index contributed by atoms with van der Waals surface area (Å²) in [5.41, 5.74) is 0. The van der Waals surface area contributed by atoms with Crippen molar-refractivity contribution < 1.29 is 89.4 Å². The smallest absolute Gasteiger partial charge is 0.220 e. The fraction of sp³-hybridized carbons (Fsp3) is 0.931. The Labute approximate surface area is 549 Å². The molecule has 0 aromatic rings. The van der Waals surface area contributed by atoms with Crippen LogP contribution in [0.15, 0.2) is 24.3 Å². The summed E-state index contributed by atoms with van der Waals surface area (Å²) in [6.45, 7) is 1.83. The van der Waals surface area contributed by atoms with Gasteiger partial charge < -0.3 is 89.9 Å². The van der Waals surface area contributed by atoms with Gasteiger partial charge in [-0.1, -0.05) is 269 Å². The molecule has 0 saturated carbocycles. The second kappa shape index (κ2) is 54.3. The minimum atomic E-state index is -1.97. The van der Waals surface area contributed by atoms with Gasteiger partial charge >= 0.3 is 0 Å². The van der Waals surface area contributed by atoms with Gasteiger partial charge in [-0.25, -0.2) is 0 Å². The highest BCUT2D eigenvalue weighted by molar-refractivity contribution is 5.76. The Kier molecular flexibility index (Phi) is 49.8. The van der Waals surface area contributed by atoms with Gasteiger partial charge in [0.1, 0.15) is 73.2 Å². The van der Waals surface area contributed by atoms with E-state index in [9.17, 15) is 61.0 Å². The number of amides is 1. The van der Waals surface area contributed by atoms with Crippen molar-refractivity contribution in [3.05, 3.63) is 24.3 Å². The van der Waals surface area contributed by atoms with Gasteiger partial charge in [0.15, 0.2) is 18.9 Å². The molecule has 0 aliphatic carbocycles. The minimum Gasteiger partial charge on any atom is -0.394 e. The van der Waals surface area contributed by atoms with Crippen molar-refractivity contribution in [2.45, 2.75) is 401 Å². The second-order valence-electron chi connectivity index (χ2n) is 26.8. The first-order valence-electron chi connectivity index (χ1n) is 37.1. The van der Waals surface area contributed by atoms with Crippen LogP contribution in [-0.2, 0) is 33.2 Å². The Hall–Kier alpha value is -1.73. The van der Waals surface area contributed by atoms with Crippen molar-refractivity contribution in [1.82, 2.24) is 5.32 Å². The van der Waals surface area contributed by atoms with E-state index >= 15 is 0 Å². The van der Waals surface area contributed by atoms with E-state index < -0.39 is 124 Å². The molecule has 0 spiro atoms. The third kappa shape index (κ3) is 35.9. The minimum absolute atomic E-state index is 0.241. The first kappa shape index (κ1) is 83.5. The quantitative estimate of drug-likeness (QED) is 0.0199. The summed E-state index contributed by atoms with van der Waals surface area (Å²) in [4.78, 5) is 13.5. The molecule has 0 aromatic carbocycles. The lowest BCUT2D eigenvalue weighted by molar-refractivity contribution is -0.379. The number of hydrogen-bond acceptors (Lipinski definition) is 18. The van der Waals surface area contributed by atoms with Crippen LogP contribution in [0.25, 0.3) is 0 Å². The van der Waals surface area contributed by atoms with Crippen LogP contribution < -0.4 is 5.32 Å². The predicted octanol–water partition coefficient (Wildman–Crippen LogP) is 10.6. The molecule has 3 fully saturated rings. The van der Waals surface area contributed by atoms with E-state index in [4.69, 9.17) is 28.4 Å². The van der Waals surface area contributed by atoms with Gasteiger partial charge in [-0.2, -0.15) is 0 Å². The summed E-state index contributed by atoms with van der Waals surface area (Å²) in [7, 11) is 0.